The van der Waals surface area contributed by atoms with Gasteiger partial charge in [-0.25, -0.2) is 13.1 Å². The third kappa shape index (κ3) is 3.52. The number of nitrogens with zero attached hydrogens (tertiary/aromatic N) is 1. The molecule has 1 fully saturated rings. The van der Waals surface area contributed by atoms with Crippen molar-refractivity contribution in [1.82, 2.24) is 4.72 Å². The molecular formula is C21H24N2O4S. The summed E-state index contributed by atoms with van der Waals surface area (Å²) >= 11 is 0. The van der Waals surface area contributed by atoms with Crippen LogP contribution in [0.2, 0.25) is 0 Å². The normalized spacial score (nSPS) is 17.3. The quantitative estimate of drug-likeness (QED) is 0.809. The lowest BCUT2D eigenvalue weighted by atomic mass is 10.1. The second-order valence-corrected chi connectivity index (χ2v) is 9.10. The molecule has 2 aromatic rings. The Kier molecular flexibility index (Phi) is 4.89. The summed E-state index contributed by atoms with van der Waals surface area (Å²) in [6.07, 6.45) is 2.60. The molecule has 0 aromatic heterocycles. The highest BCUT2D eigenvalue weighted by molar-refractivity contribution is 7.89. The maximum atomic E-state index is 12.9. The lowest BCUT2D eigenvalue weighted by Crippen LogP contribution is -2.30. The van der Waals surface area contributed by atoms with Gasteiger partial charge in [0.1, 0.15) is 5.75 Å². The summed E-state index contributed by atoms with van der Waals surface area (Å²) < 4.78 is 33.9. The van der Waals surface area contributed by atoms with Crippen molar-refractivity contribution >= 4 is 21.6 Å². The number of carbonyl (C=O) groups is 1. The maximum Gasteiger partial charge on any atom is 0.241 e. The van der Waals surface area contributed by atoms with Gasteiger partial charge in [-0.3, -0.25) is 4.79 Å². The van der Waals surface area contributed by atoms with Gasteiger partial charge >= 0.3 is 0 Å². The van der Waals surface area contributed by atoms with E-state index < -0.39 is 16.1 Å². The van der Waals surface area contributed by atoms with Crippen LogP contribution in [0.1, 0.15) is 36.9 Å². The first-order valence-corrected chi connectivity index (χ1v) is 11.0. The molecule has 1 aliphatic heterocycles. The Labute approximate surface area is 165 Å². The number of nitrogens with one attached hydrogen (secondary N) is 1. The number of benzene rings is 2. The summed E-state index contributed by atoms with van der Waals surface area (Å²) in [5.41, 5.74) is 2.52. The van der Waals surface area contributed by atoms with Crippen LogP contribution in [0.4, 0.5) is 5.69 Å². The van der Waals surface area contributed by atoms with Crippen LogP contribution in [0.5, 0.6) is 5.75 Å². The molecule has 148 valence electrons. The van der Waals surface area contributed by atoms with E-state index in [1.807, 2.05) is 18.2 Å². The fraction of sp³-hybridized carbons (Fsp3) is 0.381. The topological polar surface area (TPSA) is 75.7 Å². The molecule has 1 aliphatic carbocycles. The minimum atomic E-state index is -3.70. The zero-order valence-corrected chi connectivity index (χ0v) is 16.8. The Morgan fingerprint density at radius 3 is 2.68 bits per heavy atom. The molecule has 6 nitrogen and oxygen atoms in total. The maximum absolute atomic E-state index is 12.9. The zero-order valence-electron chi connectivity index (χ0n) is 16.0. The van der Waals surface area contributed by atoms with Crippen LogP contribution >= 0.6 is 0 Å². The van der Waals surface area contributed by atoms with Gasteiger partial charge in [0.25, 0.3) is 0 Å². The Hall–Kier alpha value is -2.38. The van der Waals surface area contributed by atoms with E-state index in [-0.39, 0.29) is 16.7 Å². The molecule has 0 unspecified atom stereocenters. The van der Waals surface area contributed by atoms with Crippen LogP contribution in [0.3, 0.4) is 0 Å². The number of ether oxygens (including phenoxy) is 1. The van der Waals surface area contributed by atoms with Crippen molar-refractivity contribution in [2.45, 2.75) is 37.1 Å². The fourth-order valence-corrected chi connectivity index (χ4v) is 4.99. The van der Waals surface area contributed by atoms with Crippen LogP contribution in [-0.2, 0) is 21.2 Å². The van der Waals surface area contributed by atoms with Crippen LogP contribution in [0.25, 0.3) is 0 Å². The number of anilines is 1. The third-order valence-corrected chi connectivity index (χ3v) is 6.93. The molecule has 4 rings (SSSR count). The first kappa shape index (κ1) is 19.0. The summed E-state index contributed by atoms with van der Waals surface area (Å²) in [5, 5.41) is 0. The minimum absolute atomic E-state index is 0.151. The number of fused-ring (bicyclic) bond motifs is 1. The highest BCUT2D eigenvalue weighted by Gasteiger charge is 2.36. The molecule has 0 bridgehead atoms. The second-order valence-electron chi connectivity index (χ2n) is 7.39. The number of hydrogen-bond donors (Lipinski definition) is 1. The monoisotopic (exact) mass is 400 g/mol. The highest BCUT2D eigenvalue weighted by atomic mass is 32.2. The van der Waals surface area contributed by atoms with E-state index in [4.69, 9.17) is 4.74 Å². The summed E-state index contributed by atoms with van der Waals surface area (Å²) in [7, 11) is -2.14. The molecule has 28 heavy (non-hydrogen) atoms. The van der Waals surface area contributed by atoms with Crippen LogP contribution in [0.15, 0.2) is 47.4 Å². The number of hydrogen-bond acceptors (Lipinski definition) is 4. The number of amides is 1. The smallest absolute Gasteiger partial charge is 0.241 e. The number of rotatable bonds is 6. The lowest BCUT2D eigenvalue weighted by Gasteiger charge is -2.19. The van der Waals surface area contributed by atoms with Gasteiger partial charge in [0, 0.05) is 29.8 Å². The summed E-state index contributed by atoms with van der Waals surface area (Å²) in [6, 6.07) is 11.9. The molecule has 7 heteroatoms. The van der Waals surface area contributed by atoms with Crippen LogP contribution in [0, 0.1) is 5.92 Å². The SMILES string of the molecule is COc1ccccc1[C@@H](C)NS(=O)(=O)c1ccc2c(c1)CCN2C(=O)C1CC1. The molecule has 0 saturated heterocycles. The first-order chi connectivity index (χ1) is 13.4. The van der Waals surface area contributed by atoms with Gasteiger partial charge in [-0.15, -0.1) is 0 Å². The Balaban J connectivity index is 1.56. The van der Waals surface area contributed by atoms with E-state index in [1.54, 1.807) is 43.2 Å². The summed E-state index contributed by atoms with van der Waals surface area (Å²) in [4.78, 5) is 14.4. The van der Waals surface area contributed by atoms with Crippen molar-refractivity contribution in [2.24, 2.45) is 5.92 Å². The van der Waals surface area contributed by atoms with E-state index in [2.05, 4.69) is 4.72 Å². The molecule has 2 aromatic carbocycles. The van der Waals surface area contributed by atoms with Crippen molar-refractivity contribution in [2.75, 3.05) is 18.6 Å². The van der Waals surface area contributed by atoms with Gasteiger partial charge in [-0.1, -0.05) is 18.2 Å². The predicted octanol–water partition coefficient (Wildman–Crippen LogP) is 3.03. The summed E-state index contributed by atoms with van der Waals surface area (Å²) in [6.45, 7) is 2.41. The van der Waals surface area contributed by atoms with E-state index in [9.17, 15) is 13.2 Å². The van der Waals surface area contributed by atoms with Gasteiger partial charge in [-0.2, -0.15) is 0 Å². The predicted molar refractivity (Wildman–Crippen MR) is 107 cm³/mol. The van der Waals surface area contributed by atoms with Crippen molar-refractivity contribution in [1.29, 1.82) is 0 Å². The van der Waals surface area contributed by atoms with E-state index in [0.29, 0.717) is 18.7 Å². The number of methoxy groups -OCH3 is 1. The Bertz CT molecular complexity index is 1010. The molecule has 1 amide bonds. The van der Waals surface area contributed by atoms with Crippen molar-refractivity contribution < 1.29 is 17.9 Å². The van der Waals surface area contributed by atoms with Gasteiger partial charge < -0.3 is 9.64 Å². The van der Waals surface area contributed by atoms with Gasteiger partial charge in [-0.05, 0) is 56.0 Å². The van der Waals surface area contributed by atoms with Gasteiger partial charge in [0.05, 0.1) is 12.0 Å². The Morgan fingerprint density at radius 1 is 1.21 bits per heavy atom. The summed E-state index contributed by atoms with van der Waals surface area (Å²) in [5.74, 6) is 0.955. The van der Waals surface area contributed by atoms with Crippen molar-refractivity contribution in [3.8, 4) is 5.75 Å². The molecule has 0 spiro atoms. The average molecular weight is 401 g/mol. The minimum Gasteiger partial charge on any atom is -0.496 e. The zero-order chi connectivity index (χ0) is 19.9. The molecule has 1 atom stereocenters. The number of sulfonamides is 1. The van der Waals surface area contributed by atoms with E-state index >= 15 is 0 Å². The van der Waals surface area contributed by atoms with Crippen LogP contribution in [-0.4, -0.2) is 28.0 Å². The average Bonchev–Trinajstić information content (AvgIpc) is 3.46. The number of para-hydroxylation sites is 1. The van der Waals surface area contributed by atoms with E-state index in [1.165, 1.54) is 0 Å². The first-order valence-electron chi connectivity index (χ1n) is 9.50. The lowest BCUT2D eigenvalue weighted by molar-refractivity contribution is -0.119. The highest BCUT2D eigenvalue weighted by Crippen LogP contribution is 2.37. The van der Waals surface area contributed by atoms with Crippen molar-refractivity contribution in [3.63, 3.8) is 0 Å². The standard InChI is InChI=1S/C21H24N2O4S/c1-14(18-5-3-4-6-20(18)27-2)22-28(25,26)17-9-10-19-16(13-17)11-12-23(19)21(24)15-7-8-15/h3-6,9-10,13-15,22H,7-8,11-12H2,1-2H3/t14-/m1/s1. The van der Waals surface area contributed by atoms with Gasteiger partial charge in [0.15, 0.2) is 0 Å². The van der Waals surface area contributed by atoms with E-state index in [0.717, 1.165) is 29.7 Å². The second kappa shape index (κ2) is 7.22. The molecule has 1 N–H and O–H groups in total. The van der Waals surface area contributed by atoms with Crippen molar-refractivity contribution in [3.05, 3.63) is 53.6 Å². The molecular weight excluding hydrogens is 376 g/mol. The van der Waals surface area contributed by atoms with Gasteiger partial charge in [0.2, 0.25) is 15.9 Å². The molecule has 2 aliphatic rings. The fourth-order valence-electron chi connectivity index (χ4n) is 3.71. The third-order valence-electron chi connectivity index (χ3n) is 5.39. The molecule has 0 radical (unpaired) electrons. The Morgan fingerprint density at radius 2 is 1.96 bits per heavy atom. The van der Waals surface area contributed by atoms with Crippen LogP contribution < -0.4 is 14.4 Å². The molecule has 1 heterocycles. The molecule has 1 saturated carbocycles. The largest absolute Gasteiger partial charge is 0.496 e. The number of carbonyl (C=O) groups excluding carboxylic acids is 1.